The molecule has 0 saturated heterocycles. The number of nitrogens with two attached hydrogens (primary N) is 1. The Hall–Kier alpha value is -0.900. The zero-order chi connectivity index (χ0) is 11.6. The van der Waals surface area contributed by atoms with Gasteiger partial charge in [0.25, 0.3) is 5.91 Å². The van der Waals surface area contributed by atoms with Gasteiger partial charge in [-0.25, -0.2) is 4.98 Å². The first kappa shape index (κ1) is 12.2. The molecule has 84 valence electrons. The van der Waals surface area contributed by atoms with Crippen molar-refractivity contribution < 1.29 is 4.79 Å². The SMILES string of the molecule is Cc1sc(CCC(C)(C)C)nc1C(N)=O. The highest BCUT2D eigenvalue weighted by Crippen LogP contribution is 2.24. The van der Waals surface area contributed by atoms with Gasteiger partial charge < -0.3 is 5.73 Å². The minimum absolute atomic E-state index is 0.298. The molecule has 3 nitrogen and oxygen atoms in total. The number of primary amides is 1. The Kier molecular flexibility index (Phi) is 3.50. The van der Waals surface area contributed by atoms with Gasteiger partial charge in [-0.05, 0) is 25.2 Å². The second kappa shape index (κ2) is 4.31. The van der Waals surface area contributed by atoms with Crippen LogP contribution in [0.25, 0.3) is 0 Å². The first-order chi connectivity index (χ1) is 6.79. The van der Waals surface area contributed by atoms with Crippen molar-refractivity contribution in [2.75, 3.05) is 0 Å². The van der Waals surface area contributed by atoms with Crippen molar-refractivity contribution in [2.24, 2.45) is 11.1 Å². The third kappa shape index (κ3) is 3.63. The molecule has 0 aliphatic heterocycles. The number of thiazole rings is 1. The van der Waals surface area contributed by atoms with Gasteiger partial charge in [-0.1, -0.05) is 20.8 Å². The van der Waals surface area contributed by atoms with E-state index in [9.17, 15) is 4.79 Å². The van der Waals surface area contributed by atoms with Crippen molar-refractivity contribution in [3.05, 3.63) is 15.6 Å². The average molecular weight is 226 g/mol. The molecule has 1 rings (SSSR count). The van der Waals surface area contributed by atoms with Crippen LogP contribution in [0.5, 0.6) is 0 Å². The maximum Gasteiger partial charge on any atom is 0.268 e. The first-order valence-electron chi connectivity index (χ1n) is 5.06. The Morgan fingerprint density at radius 2 is 2.07 bits per heavy atom. The third-order valence-electron chi connectivity index (χ3n) is 2.16. The number of carbonyl (C=O) groups excluding carboxylic acids is 1. The summed E-state index contributed by atoms with van der Waals surface area (Å²) in [5.41, 5.74) is 5.95. The molecule has 0 bridgehead atoms. The molecule has 15 heavy (non-hydrogen) atoms. The van der Waals surface area contributed by atoms with E-state index in [1.54, 1.807) is 11.3 Å². The largest absolute Gasteiger partial charge is 0.364 e. The summed E-state index contributed by atoms with van der Waals surface area (Å²) in [5.74, 6) is -0.425. The molecule has 0 aromatic carbocycles. The fraction of sp³-hybridized carbons (Fsp3) is 0.636. The van der Waals surface area contributed by atoms with Crippen LogP contribution in [0.4, 0.5) is 0 Å². The van der Waals surface area contributed by atoms with Crippen LogP contribution in [-0.4, -0.2) is 10.9 Å². The van der Waals surface area contributed by atoms with Crippen LogP contribution in [0.15, 0.2) is 0 Å². The van der Waals surface area contributed by atoms with E-state index in [-0.39, 0.29) is 0 Å². The zero-order valence-corrected chi connectivity index (χ0v) is 10.6. The van der Waals surface area contributed by atoms with E-state index in [0.29, 0.717) is 11.1 Å². The summed E-state index contributed by atoms with van der Waals surface area (Å²) in [5, 5.41) is 1.01. The van der Waals surface area contributed by atoms with Gasteiger partial charge in [0.2, 0.25) is 0 Å². The molecule has 1 amide bonds. The number of amides is 1. The highest BCUT2D eigenvalue weighted by molar-refractivity contribution is 7.11. The molecule has 0 spiro atoms. The fourth-order valence-corrected chi connectivity index (χ4v) is 2.21. The summed E-state index contributed by atoms with van der Waals surface area (Å²) in [4.78, 5) is 16.2. The van der Waals surface area contributed by atoms with Gasteiger partial charge in [0.05, 0.1) is 5.01 Å². The van der Waals surface area contributed by atoms with Gasteiger partial charge in [-0.15, -0.1) is 11.3 Å². The van der Waals surface area contributed by atoms with E-state index in [1.807, 2.05) is 6.92 Å². The second-order valence-corrected chi connectivity index (χ2v) is 6.23. The quantitative estimate of drug-likeness (QED) is 0.861. The lowest BCUT2D eigenvalue weighted by atomic mass is 9.91. The van der Waals surface area contributed by atoms with Crippen molar-refractivity contribution in [2.45, 2.75) is 40.5 Å². The van der Waals surface area contributed by atoms with Gasteiger partial charge in [-0.2, -0.15) is 0 Å². The number of nitrogens with zero attached hydrogens (tertiary/aromatic N) is 1. The van der Waals surface area contributed by atoms with Crippen LogP contribution in [-0.2, 0) is 6.42 Å². The van der Waals surface area contributed by atoms with Gasteiger partial charge in [0.15, 0.2) is 0 Å². The van der Waals surface area contributed by atoms with Crippen LogP contribution >= 0.6 is 11.3 Å². The molecular formula is C11H18N2OS. The van der Waals surface area contributed by atoms with Crippen molar-refractivity contribution in [1.29, 1.82) is 0 Å². The molecule has 0 radical (unpaired) electrons. The molecule has 1 aromatic rings. The van der Waals surface area contributed by atoms with Crippen molar-refractivity contribution in [3.63, 3.8) is 0 Å². The van der Waals surface area contributed by atoms with E-state index in [4.69, 9.17) is 5.73 Å². The van der Waals surface area contributed by atoms with Crippen LogP contribution in [0.1, 0.15) is 47.6 Å². The predicted molar refractivity (Wildman–Crippen MR) is 63.1 cm³/mol. The molecule has 0 saturated carbocycles. The smallest absolute Gasteiger partial charge is 0.268 e. The molecule has 2 N–H and O–H groups in total. The molecule has 0 fully saturated rings. The highest BCUT2D eigenvalue weighted by Gasteiger charge is 2.15. The number of hydrogen-bond acceptors (Lipinski definition) is 3. The van der Waals surface area contributed by atoms with Crippen molar-refractivity contribution >= 4 is 17.2 Å². The molecule has 0 aliphatic carbocycles. The third-order valence-corrected chi connectivity index (χ3v) is 3.19. The maximum absolute atomic E-state index is 11.0. The molecule has 0 unspecified atom stereocenters. The summed E-state index contributed by atoms with van der Waals surface area (Å²) in [6.07, 6.45) is 1.99. The molecule has 4 heteroatoms. The minimum atomic E-state index is -0.425. The topological polar surface area (TPSA) is 56.0 Å². The van der Waals surface area contributed by atoms with Crippen LogP contribution in [0.2, 0.25) is 0 Å². The van der Waals surface area contributed by atoms with Crippen molar-refractivity contribution in [3.8, 4) is 0 Å². The van der Waals surface area contributed by atoms with E-state index in [0.717, 1.165) is 22.7 Å². The monoisotopic (exact) mass is 226 g/mol. The van der Waals surface area contributed by atoms with Gasteiger partial charge in [0, 0.05) is 4.88 Å². The highest BCUT2D eigenvalue weighted by atomic mass is 32.1. The molecule has 0 aliphatic rings. The second-order valence-electron chi connectivity index (χ2n) is 4.94. The number of rotatable bonds is 3. The van der Waals surface area contributed by atoms with Crippen LogP contribution in [0.3, 0.4) is 0 Å². The van der Waals surface area contributed by atoms with Crippen LogP contribution in [0, 0.1) is 12.3 Å². The Labute approximate surface area is 94.7 Å². The van der Waals surface area contributed by atoms with Gasteiger partial charge in [0.1, 0.15) is 5.69 Å². The lowest BCUT2D eigenvalue weighted by Gasteiger charge is -2.16. The first-order valence-corrected chi connectivity index (χ1v) is 5.87. The Morgan fingerprint density at radius 3 is 2.47 bits per heavy atom. The average Bonchev–Trinajstić information content (AvgIpc) is 2.42. The number of aromatic nitrogens is 1. The lowest BCUT2D eigenvalue weighted by molar-refractivity contribution is 0.0995. The maximum atomic E-state index is 11.0. The summed E-state index contributed by atoms with van der Waals surface area (Å²) >= 11 is 1.57. The Morgan fingerprint density at radius 1 is 1.47 bits per heavy atom. The fourth-order valence-electron chi connectivity index (χ4n) is 1.27. The number of hydrogen-bond donors (Lipinski definition) is 1. The number of aryl methyl sites for hydroxylation is 2. The van der Waals surface area contributed by atoms with E-state index in [2.05, 4.69) is 25.8 Å². The molecule has 0 atom stereocenters. The zero-order valence-electron chi connectivity index (χ0n) is 9.76. The van der Waals surface area contributed by atoms with Gasteiger partial charge >= 0.3 is 0 Å². The standard InChI is InChI=1S/C11H18N2OS/c1-7-9(10(12)14)13-8(15-7)5-6-11(2,3)4/h5-6H2,1-4H3,(H2,12,14). The summed E-state index contributed by atoms with van der Waals surface area (Å²) in [7, 11) is 0. The van der Waals surface area contributed by atoms with E-state index >= 15 is 0 Å². The van der Waals surface area contributed by atoms with E-state index in [1.165, 1.54) is 0 Å². The normalized spacial score (nSPS) is 11.7. The van der Waals surface area contributed by atoms with E-state index < -0.39 is 5.91 Å². The number of carbonyl (C=O) groups is 1. The molecule has 1 heterocycles. The summed E-state index contributed by atoms with van der Waals surface area (Å²) < 4.78 is 0. The van der Waals surface area contributed by atoms with Crippen molar-refractivity contribution in [1.82, 2.24) is 4.98 Å². The van der Waals surface area contributed by atoms with Crippen LogP contribution < -0.4 is 5.73 Å². The molecular weight excluding hydrogens is 208 g/mol. The molecule has 1 aromatic heterocycles. The lowest BCUT2D eigenvalue weighted by Crippen LogP contribution is -2.13. The summed E-state index contributed by atoms with van der Waals surface area (Å²) in [6, 6.07) is 0. The Bertz CT molecular complexity index is 363. The minimum Gasteiger partial charge on any atom is -0.364 e. The Balaban J connectivity index is 2.72. The summed E-state index contributed by atoms with van der Waals surface area (Å²) in [6.45, 7) is 8.48. The van der Waals surface area contributed by atoms with Gasteiger partial charge in [-0.3, -0.25) is 4.79 Å². The predicted octanol–water partition coefficient (Wildman–Crippen LogP) is 2.53.